The summed E-state index contributed by atoms with van der Waals surface area (Å²) < 4.78 is 1.73. The van der Waals surface area contributed by atoms with Crippen molar-refractivity contribution < 1.29 is 14.4 Å². The van der Waals surface area contributed by atoms with E-state index in [1.165, 1.54) is 16.7 Å². The molecule has 1 aromatic rings. The van der Waals surface area contributed by atoms with Gasteiger partial charge in [-0.3, -0.25) is 14.4 Å². The average molecular weight is 311 g/mol. The van der Waals surface area contributed by atoms with Crippen LogP contribution in [0.5, 0.6) is 0 Å². The summed E-state index contributed by atoms with van der Waals surface area (Å²) in [6.45, 7) is 0.459. The van der Waals surface area contributed by atoms with Gasteiger partial charge in [0, 0.05) is 19.2 Å². The van der Waals surface area contributed by atoms with Gasteiger partial charge < -0.3 is 9.47 Å². The molecule has 3 rings (SSSR count). The van der Waals surface area contributed by atoms with E-state index >= 15 is 0 Å². The summed E-state index contributed by atoms with van der Waals surface area (Å²) in [7, 11) is 1.76. The first-order valence-electron chi connectivity index (χ1n) is 5.99. The predicted molar refractivity (Wildman–Crippen MR) is 75.8 cm³/mol. The van der Waals surface area contributed by atoms with Crippen LogP contribution in [0.4, 0.5) is 0 Å². The molecule has 0 fully saturated rings. The van der Waals surface area contributed by atoms with Gasteiger partial charge >= 0.3 is 0 Å². The molecule has 0 atom stereocenters. The maximum Gasteiger partial charge on any atom is 0.251 e. The highest BCUT2D eigenvalue weighted by molar-refractivity contribution is 7.98. The Bertz CT molecular complexity index is 705. The Kier molecular flexibility index (Phi) is 3.02. The van der Waals surface area contributed by atoms with Gasteiger partial charge in [0.15, 0.2) is 0 Å². The molecule has 5 nitrogen and oxygen atoms in total. The molecule has 0 saturated carbocycles. The third kappa shape index (κ3) is 1.49. The summed E-state index contributed by atoms with van der Waals surface area (Å²) in [5, 5.41) is 0.777. The highest BCUT2D eigenvalue weighted by Crippen LogP contribution is 2.43. The molecule has 0 unspecified atom stereocenters. The minimum Gasteiger partial charge on any atom is -0.335 e. The second-order valence-electron chi connectivity index (χ2n) is 4.64. The molecule has 1 aliphatic carbocycles. The van der Waals surface area contributed by atoms with E-state index in [0.717, 1.165) is 10.6 Å². The van der Waals surface area contributed by atoms with Crippen molar-refractivity contribution in [2.24, 2.45) is 7.05 Å². The smallest absolute Gasteiger partial charge is 0.251 e. The molecule has 20 heavy (non-hydrogen) atoms. The largest absolute Gasteiger partial charge is 0.335 e. The number of amides is 1. The van der Waals surface area contributed by atoms with Crippen molar-refractivity contribution in [3.05, 3.63) is 21.9 Å². The average Bonchev–Trinajstić information content (AvgIpc) is 2.74. The van der Waals surface area contributed by atoms with Crippen LogP contribution in [0.1, 0.15) is 21.6 Å². The Morgan fingerprint density at radius 2 is 2.00 bits per heavy atom. The van der Waals surface area contributed by atoms with Gasteiger partial charge in [0.1, 0.15) is 10.7 Å². The second-order valence-corrected chi connectivity index (χ2v) is 5.81. The number of hydrogen-bond acceptors (Lipinski definition) is 4. The van der Waals surface area contributed by atoms with Crippen LogP contribution < -0.4 is 0 Å². The molecule has 1 amide bonds. The Labute approximate surface area is 124 Å². The minimum atomic E-state index is -0.747. The molecule has 104 valence electrons. The van der Waals surface area contributed by atoms with Crippen LogP contribution in [0.15, 0.2) is 10.1 Å². The number of halogens is 1. The zero-order chi connectivity index (χ0) is 14.6. The van der Waals surface area contributed by atoms with E-state index < -0.39 is 11.6 Å². The van der Waals surface area contributed by atoms with E-state index in [9.17, 15) is 14.4 Å². The van der Waals surface area contributed by atoms with Crippen molar-refractivity contribution in [2.45, 2.75) is 11.4 Å². The number of carbonyl (C=O) groups is 3. The van der Waals surface area contributed by atoms with E-state index in [1.54, 1.807) is 11.6 Å². The van der Waals surface area contributed by atoms with Crippen molar-refractivity contribution in [3.63, 3.8) is 0 Å². The fourth-order valence-corrected chi connectivity index (χ4v) is 3.98. The van der Waals surface area contributed by atoms with E-state index in [0.29, 0.717) is 36.3 Å². The van der Waals surface area contributed by atoms with Gasteiger partial charge in [0.25, 0.3) is 5.78 Å². The quantitative estimate of drug-likeness (QED) is 0.471. The number of thioether (sulfide) groups is 1. The fraction of sp³-hybridized carbons (Fsp3) is 0.308. The molecule has 2 heterocycles. The standard InChI is InChI=1S/C13H11ClN2O3S/c1-15-10-7-6(13(15)20-2)3-4-16(5-17)9(7)8(14)11(18)12(10)19/h5H,3-4H2,1-2H3. The molecular weight excluding hydrogens is 300 g/mol. The van der Waals surface area contributed by atoms with Gasteiger partial charge in [-0.2, -0.15) is 0 Å². The van der Waals surface area contributed by atoms with E-state index in [1.807, 2.05) is 6.26 Å². The Morgan fingerprint density at radius 3 is 2.60 bits per heavy atom. The molecule has 7 heteroatoms. The summed E-state index contributed by atoms with van der Waals surface area (Å²) in [5.74, 6) is -1.35. The van der Waals surface area contributed by atoms with Crippen LogP contribution in [-0.2, 0) is 23.1 Å². The maximum absolute atomic E-state index is 12.2. The molecule has 1 aliphatic heterocycles. The number of rotatable bonds is 2. The first-order chi connectivity index (χ1) is 9.52. The summed E-state index contributed by atoms with van der Waals surface area (Å²) >= 11 is 7.55. The van der Waals surface area contributed by atoms with Crippen molar-refractivity contribution in [3.8, 4) is 0 Å². The number of nitrogens with zero attached hydrogens (tertiary/aromatic N) is 2. The first-order valence-corrected chi connectivity index (χ1v) is 7.59. The summed E-state index contributed by atoms with van der Waals surface area (Å²) in [4.78, 5) is 36.8. The van der Waals surface area contributed by atoms with Crippen LogP contribution in [0.2, 0.25) is 0 Å². The molecule has 1 aromatic heterocycles. The number of Topliss-reactive ketones (excluding diaryl/α,β-unsaturated/α-hetero) is 2. The number of ketones is 2. The first kappa shape index (κ1) is 13.5. The lowest BCUT2D eigenvalue weighted by molar-refractivity contribution is -0.115. The third-order valence-electron chi connectivity index (χ3n) is 3.71. The monoisotopic (exact) mass is 310 g/mol. The summed E-state index contributed by atoms with van der Waals surface area (Å²) in [6, 6.07) is 0. The number of carbonyl (C=O) groups excluding carboxylic acids is 3. The molecule has 2 aliphatic rings. The van der Waals surface area contributed by atoms with Crippen molar-refractivity contribution >= 4 is 47.0 Å². The molecular formula is C13H11ClN2O3S. The lowest BCUT2D eigenvalue weighted by atomic mass is 9.91. The number of allylic oxidation sites excluding steroid dienone is 1. The van der Waals surface area contributed by atoms with Gasteiger partial charge in [-0.15, -0.1) is 11.8 Å². The highest BCUT2D eigenvalue weighted by atomic mass is 35.5. The summed E-state index contributed by atoms with van der Waals surface area (Å²) in [5.41, 5.74) is 2.34. The normalized spacial score (nSPS) is 17.6. The van der Waals surface area contributed by atoms with E-state index in [-0.39, 0.29) is 5.03 Å². The Morgan fingerprint density at radius 1 is 1.30 bits per heavy atom. The SMILES string of the molecule is CSc1c2c3c(n1C)C(=O)C(=O)C(Cl)=C3N(C=O)CC2. The Balaban J connectivity index is 2.42. The van der Waals surface area contributed by atoms with Gasteiger partial charge in [-0.25, -0.2) is 0 Å². The molecule has 0 spiro atoms. The van der Waals surface area contributed by atoms with E-state index in [2.05, 4.69) is 0 Å². The van der Waals surface area contributed by atoms with Crippen LogP contribution in [0.3, 0.4) is 0 Å². The molecule has 0 saturated heterocycles. The van der Waals surface area contributed by atoms with Gasteiger partial charge in [0.05, 0.1) is 10.7 Å². The molecule has 0 aromatic carbocycles. The second kappa shape index (κ2) is 4.49. The fourth-order valence-electron chi connectivity index (χ4n) is 2.88. The van der Waals surface area contributed by atoms with E-state index in [4.69, 9.17) is 11.6 Å². The predicted octanol–water partition coefficient (Wildman–Crippen LogP) is 1.43. The highest BCUT2D eigenvalue weighted by Gasteiger charge is 2.42. The van der Waals surface area contributed by atoms with Gasteiger partial charge in [-0.1, -0.05) is 11.6 Å². The van der Waals surface area contributed by atoms with Crippen LogP contribution in [-0.4, -0.2) is 40.2 Å². The minimum absolute atomic E-state index is 0.159. The van der Waals surface area contributed by atoms with Crippen molar-refractivity contribution in [1.29, 1.82) is 0 Å². The summed E-state index contributed by atoms with van der Waals surface area (Å²) in [6.07, 6.45) is 3.22. The van der Waals surface area contributed by atoms with Crippen LogP contribution in [0.25, 0.3) is 5.70 Å². The molecule has 0 bridgehead atoms. The lowest BCUT2D eigenvalue weighted by Crippen LogP contribution is -2.34. The van der Waals surface area contributed by atoms with Crippen LogP contribution in [0, 0.1) is 0 Å². The molecule has 0 N–H and O–H groups in total. The number of aromatic nitrogens is 1. The van der Waals surface area contributed by atoms with Gasteiger partial charge in [0.2, 0.25) is 12.2 Å². The maximum atomic E-state index is 12.2. The Hall–Kier alpha value is -1.53. The zero-order valence-corrected chi connectivity index (χ0v) is 12.5. The van der Waals surface area contributed by atoms with Crippen molar-refractivity contribution in [2.75, 3.05) is 12.8 Å². The van der Waals surface area contributed by atoms with Crippen molar-refractivity contribution in [1.82, 2.24) is 9.47 Å². The van der Waals surface area contributed by atoms with Crippen LogP contribution >= 0.6 is 23.4 Å². The molecule has 0 radical (unpaired) electrons. The van der Waals surface area contributed by atoms with Gasteiger partial charge in [-0.05, 0) is 18.2 Å². The lowest BCUT2D eigenvalue weighted by Gasteiger charge is -2.29. The number of hydrogen-bond donors (Lipinski definition) is 0. The third-order valence-corrected chi connectivity index (χ3v) is 4.97. The zero-order valence-electron chi connectivity index (χ0n) is 10.9. The topological polar surface area (TPSA) is 59.4 Å².